The van der Waals surface area contributed by atoms with Crippen molar-refractivity contribution in [2.24, 2.45) is 5.92 Å². The van der Waals surface area contributed by atoms with E-state index in [1.165, 1.54) is 128 Å². The molecule has 0 saturated heterocycles. The fourth-order valence-corrected chi connectivity index (χ4v) is 11.0. The van der Waals surface area contributed by atoms with Crippen LogP contribution in [0.1, 0.15) is 317 Å². The highest BCUT2D eigenvalue weighted by atomic mass is 31.2. The van der Waals surface area contributed by atoms with E-state index in [-0.39, 0.29) is 25.7 Å². The normalized spacial score (nSPS) is 14.3. The Morgan fingerprint density at radius 2 is 0.561 bits per heavy atom. The summed E-state index contributed by atoms with van der Waals surface area (Å²) in [5, 5.41) is 10.5. The molecule has 0 aliphatic heterocycles. The maximum atomic E-state index is 13.0. The monoisotopic (exact) mass is 1210 g/mol. The molecule has 0 radical (unpaired) electrons. The molecule has 0 amide bonds. The van der Waals surface area contributed by atoms with Crippen LogP contribution in [-0.2, 0) is 65.4 Å². The minimum absolute atomic E-state index is 0.104. The highest BCUT2D eigenvalue weighted by molar-refractivity contribution is 7.47. The summed E-state index contributed by atoms with van der Waals surface area (Å²) in [6.07, 6.45) is 40.8. The molecule has 0 fully saturated rings. The van der Waals surface area contributed by atoms with Crippen molar-refractivity contribution >= 4 is 39.5 Å². The summed E-state index contributed by atoms with van der Waals surface area (Å²) in [6.45, 7) is 7.09. The van der Waals surface area contributed by atoms with Gasteiger partial charge in [-0.2, -0.15) is 0 Å². The topological polar surface area (TPSA) is 237 Å². The van der Waals surface area contributed by atoms with E-state index in [1.807, 2.05) is 0 Å². The number of phosphoric acid groups is 2. The Morgan fingerprint density at radius 3 is 0.829 bits per heavy atom. The largest absolute Gasteiger partial charge is 0.472 e. The molecule has 0 aliphatic rings. The van der Waals surface area contributed by atoms with Crippen LogP contribution < -0.4 is 0 Å². The Kier molecular flexibility index (Phi) is 55.5. The molecule has 0 spiro atoms. The van der Waals surface area contributed by atoms with Gasteiger partial charge in [0.1, 0.15) is 19.3 Å². The van der Waals surface area contributed by atoms with Crippen LogP contribution in [0.25, 0.3) is 0 Å². The molecule has 0 aromatic heterocycles. The molecule has 0 heterocycles. The molecule has 0 rings (SSSR count). The maximum absolute atomic E-state index is 13.0. The smallest absolute Gasteiger partial charge is 0.462 e. The predicted octanol–water partition coefficient (Wildman–Crippen LogP) is 17.4. The summed E-state index contributed by atoms with van der Waals surface area (Å²) in [5.74, 6) is -1.34. The number of phosphoric ester groups is 2. The van der Waals surface area contributed by atoms with Crippen molar-refractivity contribution in [2.45, 2.75) is 335 Å². The first-order valence-corrected chi connectivity index (χ1v) is 36.1. The van der Waals surface area contributed by atoms with Crippen molar-refractivity contribution in [3.8, 4) is 0 Å². The molecule has 0 aromatic carbocycles. The predicted molar refractivity (Wildman–Crippen MR) is 326 cm³/mol. The van der Waals surface area contributed by atoms with Gasteiger partial charge in [0.05, 0.1) is 26.4 Å². The molecular formula is C63H122O17P2. The van der Waals surface area contributed by atoms with Gasteiger partial charge in [-0.3, -0.25) is 37.3 Å². The quantitative estimate of drug-likeness (QED) is 0.0222. The van der Waals surface area contributed by atoms with Gasteiger partial charge in [-0.05, 0) is 31.6 Å². The summed E-state index contributed by atoms with van der Waals surface area (Å²) in [5.41, 5.74) is 0. The summed E-state index contributed by atoms with van der Waals surface area (Å²) in [6, 6.07) is 0. The van der Waals surface area contributed by atoms with Gasteiger partial charge in [-0.1, -0.05) is 266 Å². The number of hydrogen-bond donors (Lipinski definition) is 3. The van der Waals surface area contributed by atoms with Crippen LogP contribution in [0, 0.1) is 5.92 Å². The van der Waals surface area contributed by atoms with Gasteiger partial charge in [-0.25, -0.2) is 9.13 Å². The molecule has 0 bridgehead atoms. The van der Waals surface area contributed by atoms with Crippen LogP contribution in [0.5, 0.6) is 0 Å². The number of ether oxygens (including phenoxy) is 4. The number of aliphatic hydroxyl groups is 1. The summed E-state index contributed by atoms with van der Waals surface area (Å²) >= 11 is 0. The zero-order valence-corrected chi connectivity index (χ0v) is 54.4. The van der Waals surface area contributed by atoms with Gasteiger partial charge >= 0.3 is 39.5 Å². The van der Waals surface area contributed by atoms with Crippen molar-refractivity contribution in [2.75, 3.05) is 39.6 Å². The van der Waals surface area contributed by atoms with Crippen molar-refractivity contribution in [3.63, 3.8) is 0 Å². The van der Waals surface area contributed by atoms with Crippen LogP contribution in [-0.4, -0.2) is 96.7 Å². The third-order valence-corrected chi connectivity index (χ3v) is 16.4. The molecular weight excluding hydrogens is 1090 g/mol. The SMILES string of the molecule is CCCCCCCCCCCCC(=O)OC[C@H](COP(=O)(O)OC[C@@H](O)COP(=O)(O)OC[C@@H](COC(=O)CCCCCCC)OC(=O)CCCCCCCCCC)OC(=O)CCCCCCCCCCCCCCCCCCC(C)C. The van der Waals surface area contributed by atoms with E-state index >= 15 is 0 Å². The second kappa shape index (κ2) is 56.8. The maximum Gasteiger partial charge on any atom is 0.472 e. The van der Waals surface area contributed by atoms with E-state index in [4.69, 9.17) is 37.0 Å². The standard InChI is InChI=1S/C63H122O17P2/c1-6-9-12-15-17-19-29-33-37-42-47-61(66)74-53-59(80-63(68)49-44-39-34-30-27-25-23-21-20-22-24-26-28-31-36-40-45-56(4)5)55-78-82(71,72)76-51-57(64)50-75-81(69,70)77-54-58(52-73-60(65)46-41-35-14-11-8-3)79-62(67)48-43-38-32-18-16-13-10-7-2/h56-59,64H,6-55H2,1-5H3,(H,69,70)(H,71,72)/t57-,58+,59+/m0/s1. The molecule has 19 heteroatoms. The van der Waals surface area contributed by atoms with E-state index in [1.54, 1.807) is 0 Å². The second-order valence-electron chi connectivity index (χ2n) is 23.3. The number of hydrogen-bond acceptors (Lipinski definition) is 15. The molecule has 0 aliphatic carbocycles. The number of esters is 4. The lowest BCUT2D eigenvalue weighted by molar-refractivity contribution is -0.161. The van der Waals surface area contributed by atoms with Gasteiger partial charge in [0, 0.05) is 25.7 Å². The van der Waals surface area contributed by atoms with E-state index in [2.05, 4.69) is 34.6 Å². The third kappa shape index (κ3) is 57.2. The lowest BCUT2D eigenvalue weighted by Gasteiger charge is -2.21. The van der Waals surface area contributed by atoms with Crippen LogP contribution in [0.15, 0.2) is 0 Å². The Labute approximate surface area is 498 Å². The number of rotatable bonds is 63. The summed E-state index contributed by atoms with van der Waals surface area (Å²) in [7, 11) is -9.87. The molecule has 5 atom stereocenters. The zero-order valence-electron chi connectivity index (χ0n) is 52.6. The molecule has 486 valence electrons. The third-order valence-electron chi connectivity index (χ3n) is 14.5. The molecule has 17 nitrogen and oxygen atoms in total. The highest BCUT2D eigenvalue weighted by Crippen LogP contribution is 2.45. The van der Waals surface area contributed by atoms with Crippen LogP contribution in [0.3, 0.4) is 0 Å². The van der Waals surface area contributed by atoms with Crippen molar-refractivity contribution in [1.29, 1.82) is 0 Å². The summed E-state index contributed by atoms with van der Waals surface area (Å²) < 4.78 is 67.7. The fourth-order valence-electron chi connectivity index (χ4n) is 9.41. The Hall–Kier alpha value is -1.94. The minimum Gasteiger partial charge on any atom is -0.462 e. The van der Waals surface area contributed by atoms with E-state index < -0.39 is 97.5 Å². The van der Waals surface area contributed by atoms with Crippen molar-refractivity contribution in [3.05, 3.63) is 0 Å². The molecule has 2 unspecified atom stereocenters. The molecule has 0 aromatic rings. The van der Waals surface area contributed by atoms with Gasteiger partial charge < -0.3 is 33.8 Å². The number of aliphatic hydroxyl groups excluding tert-OH is 1. The first kappa shape index (κ1) is 80.1. The average Bonchev–Trinajstić information content (AvgIpc) is 3.45. The first-order chi connectivity index (χ1) is 39.5. The van der Waals surface area contributed by atoms with E-state index in [0.717, 1.165) is 109 Å². The lowest BCUT2D eigenvalue weighted by Crippen LogP contribution is -2.30. The Bertz CT molecular complexity index is 1600. The summed E-state index contributed by atoms with van der Waals surface area (Å²) in [4.78, 5) is 71.8. The second-order valence-corrected chi connectivity index (χ2v) is 26.2. The van der Waals surface area contributed by atoms with E-state index in [9.17, 15) is 43.2 Å². The van der Waals surface area contributed by atoms with Gasteiger partial charge in [0.2, 0.25) is 0 Å². The minimum atomic E-state index is -4.94. The Balaban J connectivity index is 5.09. The molecule has 82 heavy (non-hydrogen) atoms. The number of carbonyl (C=O) groups is 4. The van der Waals surface area contributed by atoms with Gasteiger partial charge in [0.25, 0.3) is 0 Å². The number of unbranched alkanes of at least 4 members (excludes halogenated alkanes) is 35. The van der Waals surface area contributed by atoms with Crippen LogP contribution in [0.2, 0.25) is 0 Å². The zero-order chi connectivity index (χ0) is 60.6. The highest BCUT2D eigenvalue weighted by Gasteiger charge is 2.30. The van der Waals surface area contributed by atoms with Crippen molar-refractivity contribution in [1.82, 2.24) is 0 Å². The van der Waals surface area contributed by atoms with Crippen LogP contribution in [0.4, 0.5) is 0 Å². The first-order valence-electron chi connectivity index (χ1n) is 33.1. The van der Waals surface area contributed by atoms with Crippen molar-refractivity contribution < 1.29 is 80.2 Å². The van der Waals surface area contributed by atoms with Crippen LogP contribution >= 0.6 is 15.6 Å². The lowest BCUT2D eigenvalue weighted by atomic mass is 10.0. The molecule has 3 N–H and O–H groups in total. The average molecular weight is 1210 g/mol. The van der Waals surface area contributed by atoms with Gasteiger partial charge in [-0.15, -0.1) is 0 Å². The fraction of sp³-hybridized carbons (Fsp3) is 0.937. The number of carbonyl (C=O) groups excluding carboxylic acids is 4. The van der Waals surface area contributed by atoms with Gasteiger partial charge in [0.15, 0.2) is 12.2 Å². The Morgan fingerprint density at radius 1 is 0.329 bits per heavy atom. The molecule has 0 saturated carbocycles. The van der Waals surface area contributed by atoms with E-state index in [0.29, 0.717) is 25.7 Å².